The molecule has 154 valence electrons. The van der Waals surface area contributed by atoms with E-state index in [9.17, 15) is 4.79 Å². The van der Waals surface area contributed by atoms with Gasteiger partial charge in [-0.3, -0.25) is 4.79 Å². The molecule has 4 rings (SSSR count). The van der Waals surface area contributed by atoms with Crippen LogP contribution in [-0.4, -0.2) is 33.1 Å². The first-order valence-electron chi connectivity index (χ1n) is 10.4. The second-order valence-corrected chi connectivity index (χ2v) is 8.87. The van der Waals surface area contributed by atoms with E-state index in [1.54, 1.807) is 11.8 Å². The van der Waals surface area contributed by atoms with E-state index in [0.717, 1.165) is 0 Å². The van der Waals surface area contributed by atoms with Crippen molar-refractivity contribution in [3.63, 3.8) is 0 Å². The number of nitrogens with one attached hydrogen (secondary N) is 2. The molecule has 1 amide bonds. The van der Waals surface area contributed by atoms with E-state index >= 15 is 0 Å². The molecule has 3 aromatic carbocycles. The summed E-state index contributed by atoms with van der Waals surface area (Å²) in [6, 6.07) is 27.4. The molecule has 0 fully saturated rings. The fourth-order valence-electron chi connectivity index (χ4n) is 3.88. The summed E-state index contributed by atoms with van der Waals surface area (Å²) in [4.78, 5) is 18.8. The third kappa shape index (κ3) is 4.53. The maximum atomic E-state index is 12.7. The standard InChI is InChI=1S/C25H27N3OS/c1-27(2)22(19-10-4-3-5-11-19)18-26-25(29)16-17-28-20-12-6-8-14-23(20)30-24-15-9-7-13-21(24)28/h3-15,22H,16-18H2,1-2H3,(H,26,29)/p+1/t22-/m1/s1. The highest BCUT2D eigenvalue weighted by Crippen LogP contribution is 2.47. The minimum atomic E-state index is 0.0883. The van der Waals surface area contributed by atoms with Crippen LogP contribution in [0.15, 0.2) is 88.7 Å². The number of carbonyl (C=O) groups is 1. The summed E-state index contributed by atoms with van der Waals surface area (Å²) >= 11 is 1.79. The van der Waals surface area contributed by atoms with Gasteiger partial charge >= 0.3 is 0 Å². The van der Waals surface area contributed by atoms with Gasteiger partial charge in [0.1, 0.15) is 6.04 Å². The van der Waals surface area contributed by atoms with Crippen molar-refractivity contribution in [1.82, 2.24) is 5.32 Å². The number of carbonyl (C=O) groups excluding carboxylic acids is 1. The molecule has 1 heterocycles. The molecular weight excluding hydrogens is 390 g/mol. The number of benzene rings is 3. The number of likely N-dealkylation sites (N-methyl/N-ethyl adjacent to an activating group) is 1. The van der Waals surface area contributed by atoms with Crippen LogP contribution in [0.4, 0.5) is 11.4 Å². The van der Waals surface area contributed by atoms with E-state index in [0.29, 0.717) is 19.5 Å². The van der Waals surface area contributed by atoms with Gasteiger partial charge in [-0.25, -0.2) is 0 Å². The topological polar surface area (TPSA) is 36.8 Å². The Labute approximate surface area is 182 Å². The minimum absolute atomic E-state index is 0.0883. The Kier molecular flexibility index (Phi) is 6.41. The molecule has 4 nitrogen and oxygen atoms in total. The summed E-state index contributed by atoms with van der Waals surface area (Å²) in [7, 11) is 4.26. The van der Waals surface area contributed by atoms with Crippen LogP contribution in [0, 0.1) is 0 Å². The highest BCUT2D eigenvalue weighted by atomic mass is 32.2. The van der Waals surface area contributed by atoms with E-state index in [-0.39, 0.29) is 11.9 Å². The Morgan fingerprint density at radius 3 is 2.07 bits per heavy atom. The van der Waals surface area contributed by atoms with Crippen LogP contribution in [0.1, 0.15) is 18.0 Å². The van der Waals surface area contributed by atoms with Gasteiger partial charge in [-0.05, 0) is 24.3 Å². The lowest BCUT2D eigenvalue weighted by atomic mass is 10.1. The molecule has 0 saturated carbocycles. The third-order valence-corrected chi connectivity index (χ3v) is 6.63. The number of quaternary nitrogens is 1. The van der Waals surface area contributed by atoms with Gasteiger partial charge in [0, 0.05) is 28.3 Å². The van der Waals surface area contributed by atoms with Crippen molar-refractivity contribution in [3.05, 3.63) is 84.4 Å². The minimum Gasteiger partial charge on any atom is -0.350 e. The van der Waals surface area contributed by atoms with Gasteiger partial charge in [0.25, 0.3) is 0 Å². The lowest BCUT2D eigenvalue weighted by Crippen LogP contribution is -3.07. The van der Waals surface area contributed by atoms with E-state index in [1.807, 2.05) is 6.07 Å². The maximum Gasteiger partial charge on any atom is 0.222 e. The molecule has 0 saturated heterocycles. The van der Waals surface area contributed by atoms with Gasteiger partial charge in [-0.2, -0.15) is 0 Å². The number of para-hydroxylation sites is 2. The quantitative estimate of drug-likeness (QED) is 0.615. The van der Waals surface area contributed by atoms with Gasteiger partial charge in [-0.1, -0.05) is 66.4 Å². The summed E-state index contributed by atoms with van der Waals surface area (Å²) in [5, 5.41) is 3.16. The normalized spacial score (nSPS) is 13.5. The lowest BCUT2D eigenvalue weighted by molar-refractivity contribution is -0.890. The summed E-state index contributed by atoms with van der Waals surface area (Å²) < 4.78 is 0. The van der Waals surface area contributed by atoms with E-state index < -0.39 is 0 Å². The summed E-state index contributed by atoms with van der Waals surface area (Å²) in [6.45, 7) is 1.29. The van der Waals surface area contributed by atoms with Crippen LogP contribution in [0.3, 0.4) is 0 Å². The van der Waals surface area contributed by atoms with Crippen LogP contribution in [-0.2, 0) is 4.79 Å². The predicted octanol–water partition coefficient (Wildman–Crippen LogP) is 3.68. The van der Waals surface area contributed by atoms with Gasteiger partial charge in [-0.15, -0.1) is 0 Å². The first-order valence-corrected chi connectivity index (χ1v) is 11.2. The van der Waals surface area contributed by atoms with E-state index in [2.05, 4.69) is 97.1 Å². The van der Waals surface area contributed by atoms with Crippen LogP contribution in [0.25, 0.3) is 0 Å². The number of anilines is 2. The van der Waals surface area contributed by atoms with Crippen LogP contribution < -0.4 is 15.1 Å². The molecule has 2 N–H and O–H groups in total. The number of fused-ring (bicyclic) bond motifs is 2. The second kappa shape index (κ2) is 9.37. The molecule has 0 aliphatic carbocycles. The molecule has 0 radical (unpaired) electrons. The summed E-state index contributed by atoms with van der Waals surface area (Å²) in [5.41, 5.74) is 3.59. The molecule has 5 heteroatoms. The van der Waals surface area contributed by atoms with E-state index in [4.69, 9.17) is 0 Å². The molecule has 1 aliphatic rings. The molecule has 30 heavy (non-hydrogen) atoms. The van der Waals surface area contributed by atoms with Crippen molar-refractivity contribution in [2.24, 2.45) is 0 Å². The van der Waals surface area contributed by atoms with Gasteiger partial charge in [0.15, 0.2) is 0 Å². The molecular formula is C25H28N3OS+. The fraction of sp³-hybridized carbons (Fsp3) is 0.240. The van der Waals surface area contributed by atoms with Gasteiger partial charge in [0.2, 0.25) is 5.91 Å². The number of hydrogen-bond donors (Lipinski definition) is 2. The zero-order valence-corrected chi connectivity index (χ0v) is 18.3. The van der Waals surface area contributed by atoms with E-state index in [1.165, 1.54) is 31.6 Å². The molecule has 0 aromatic heterocycles. The van der Waals surface area contributed by atoms with Crippen LogP contribution in [0.2, 0.25) is 0 Å². The second-order valence-electron chi connectivity index (χ2n) is 7.78. The Balaban J connectivity index is 1.42. The molecule has 0 unspecified atom stereocenters. The van der Waals surface area contributed by atoms with Crippen molar-refractivity contribution in [1.29, 1.82) is 0 Å². The van der Waals surface area contributed by atoms with Gasteiger partial charge in [0.05, 0.1) is 32.0 Å². The van der Waals surface area contributed by atoms with Crippen molar-refractivity contribution < 1.29 is 9.69 Å². The summed E-state index contributed by atoms with van der Waals surface area (Å²) in [5.74, 6) is 0.0883. The van der Waals surface area contributed by atoms with Crippen molar-refractivity contribution in [3.8, 4) is 0 Å². The predicted molar refractivity (Wildman–Crippen MR) is 124 cm³/mol. The van der Waals surface area contributed by atoms with Crippen molar-refractivity contribution in [2.75, 3.05) is 32.1 Å². The Morgan fingerprint density at radius 1 is 0.900 bits per heavy atom. The highest BCUT2D eigenvalue weighted by molar-refractivity contribution is 7.99. The monoisotopic (exact) mass is 418 g/mol. The zero-order chi connectivity index (χ0) is 20.9. The zero-order valence-electron chi connectivity index (χ0n) is 17.5. The SMILES string of the molecule is C[NH+](C)[C@H](CNC(=O)CCN1c2ccccc2Sc2ccccc21)c1ccccc1. The number of nitrogens with zero attached hydrogens (tertiary/aromatic N) is 1. The Morgan fingerprint density at radius 2 is 1.47 bits per heavy atom. The van der Waals surface area contributed by atoms with Crippen LogP contribution in [0.5, 0.6) is 0 Å². The fourth-order valence-corrected chi connectivity index (χ4v) is 4.98. The number of hydrogen-bond acceptors (Lipinski definition) is 3. The number of amides is 1. The van der Waals surface area contributed by atoms with Crippen molar-refractivity contribution in [2.45, 2.75) is 22.3 Å². The first-order chi connectivity index (χ1) is 14.6. The maximum absolute atomic E-state index is 12.7. The first kappa shape index (κ1) is 20.5. The average Bonchev–Trinajstić information content (AvgIpc) is 2.77. The average molecular weight is 419 g/mol. The Hall–Kier alpha value is -2.76. The molecule has 1 atom stereocenters. The summed E-state index contributed by atoms with van der Waals surface area (Å²) in [6.07, 6.45) is 0.456. The highest BCUT2D eigenvalue weighted by Gasteiger charge is 2.24. The van der Waals surface area contributed by atoms with Gasteiger partial charge < -0.3 is 15.1 Å². The number of rotatable bonds is 7. The smallest absolute Gasteiger partial charge is 0.222 e. The Bertz CT molecular complexity index is 961. The molecule has 0 spiro atoms. The molecule has 1 aliphatic heterocycles. The van der Waals surface area contributed by atoms with Crippen molar-refractivity contribution >= 4 is 29.0 Å². The molecule has 3 aromatic rings. The molecule has 0 bridgehead atoms. The third-order valence-electron chi connectivity index (χ3n) is 5.50. The largest absolute Gasteiger partial charge is 0.350 e. The van der Waals surface area contributed by atoms with Crippen LogP contribution >= 0.6 is 11.8 Å². The lowest BCUT2D eigenvalue weighted by Gasteiger charge is -2.32.